The van der Waals surface area contributed by atoms with Crippen molar-refractivity contribution < 1.29 is 0 Å². The molecule has 8 aromatic carbocycles. The highest BCUT2D eigenvalue weighted by atomic mass is 32.2. The molecule has 5 heteroatoms. The third-order valence-electron chi connectivity index (χ3n) is 11.5. The molecule has 0 saturated heterocycles. The zero-order valence-corrected chi connectivity index (χ0v) is 32.0. The highest BCUT2D eigenvalue weighted by Gasteiger charge is 2.51. The van der Waals surface area contributed by atoms with Crippen LogP contribution in [0.2, 0.25) is 0 Å². The Morgan fingerprint density at radius 3 is 1.33 bits per heavy atom. The first kappa shape index (κ1) is 33.9. The highest BCUT2D eigenvalue weighted by Crippen LogP contribution is 2.64. The first-order chi connectivity index (χ1) is 28.7. The zero-order chi connectivity index (χ0) is 38.6. The Morgan fingerprint density at radius 2 is 0.776 bits per heavy atom. The van der Waals surface area contributed by atoms with Gasteiger partial charge in [0.25, 0.3) is 0 Å². The van der Waals surface area contributed by atoms with Gasteiger partial charge < -0.3 is 0 Å². The maximum atomic E-state index is 9.62. The molecule has 0 amide bonds. The van der Waals surface area contributed by atoms with E-state index in [9.17, 15) is 5.26 Å². The van der Waals surface area contributed by atoms with Crippen LogP contribution < -0.4 is 0 Å². The first-order valence-electron chi connectivity index (χ1n) is 19.3. The lowest BCUT2D eigenvalue weighted by Gasteiger charge is -2.41. The number of nitrogens with zero attached hydrogens (tertiary/aromatic N) is 4. The summed E-state index contributed by atoms with van der Waals surface area (Å²) in [5.41, 5.74) is 15.0. The average molecular weight is 757 g/mol. The number of hydrogen-bond donors (Lipinski definition) is 0. The van der Waals surface area contributed by atoms with Gasteiger partial charge in [-0.1, -0.05) is 188 Å². The zero-order valence-electron chi connectivity index (χ0n) is 31.2. The van der Waals surface area contributed by atoms with E-state index in [4.69, 9.17) is 15.0 Å². The van der Waals surface area contributed by atoms with Crippen LogP contribution in [0, 0.1) is 11.3 Å². The fourth-order valence-electron chi connectivity index (χ4n) is 8.89. The minimum absolute atomic E-state index is 0.553. The fourth-order valence-corrected chi connectivity index (χ4v) is 10.3. The quantitative estimate of drug-likeness (QED) is 0.175. The van der Waals surface area contributed by atoms with Crippen LogP contribution in [0.3, 0.4) is 0 Å². The van der Waals surface area contributed by atoms with Crippen LogP contribution in [0.25, 0.3) is 67.5 Å². The lowest BCUT2D eigenvalue weighted by molar-refractivity contribution is 0.724. The maximum Gasteiger partial charge on any atom is 0.164 e. The van der Waals surface area contributed by atoms with E-state index < -0.39 is 5.41 Å². The van der Waals surface area contributed by atoms with Crippen LogP contribution in [0.5, 0.6) is 0 Å². The summed E-state index contributed by atoms with van der Waals surface area (Å²) < 4.78 is 0. The number of benzene rings is 8. The molecule has 1 spiro atoms. The van der Waals surface area contributed by atoms with E-state index in [0.717, 1.165) is 38.9 Å². The predicted molar refractivity (Wildman–Crippen MR) is 233 cm³/mol. The van der Waals surface area contributed by atoms with Gasteiger partial charge in [-0.05, 0) is 73.8 Å². The SMILES string of the molecule is N#Cc1ccc(-c2cccc3c2Sc2c(-c4cccc(-c5nc(-c6ccccc6)nc(-c6ccccc6)n5)c4)cccc2C32c3ccccc3-c3ccccc32)cc1. The maximum absolute atomic E-state index is 9.62. The molecule has 0 radical (unpaired) electrons. The average Bonchev–Trinajstić information content (AvgIpc) is 3.60. The normalized spacial score (nSPS) is 12.9. The molecular weight excluding hydrogens is 725 g/mol. The summed E-state index contributed by atoms with van der Waals surface area (Å²) in [4.78, 5) is 17.5. The molecule has 0 saturated carbocycles. The van der Waals surface area contributed by atoms with Gasteiger partial charge in [-0.3, -0.25) is 0 Å². The second-order valence-electron chi connectivity index (χ2n) is 14.6. The number of nitriles is 1. The minimum Gasteiger partial charge on any atom is -0.208 e. The summed E-state index contributed by atoms with van der Waals surface area (Å²) in [6.07, 6.45) is 0. The summed E-state index contributed by atoms with van der Waals surface area (Å²) >= 11 is 1.84. The van der Waals surface area contributed by atoms with Crippen molar-refractivity contribution in [2.75, 3.05) is 0 Å². The second-order valence-corrected chi connectivity index (χ2v) is 15.6. The van der Waals surface area contributed by atoms with Crippen LogP contribution in [0.15, 0.2) is 204 Å². The third-order valence-corrected chi connectivity index (χ3v) is 12.7. The summed E-state index contributed by atoms with van der Waals surface area (Å²) in [5.74, 6) is 1.89. The van der Waals surface area contributed by atoms with Crippen molar-refractivity contribution in [3.63, 3.8) is 0 Å². The van der Waals surface area contributed by atoms with Crippen LogP contribution in [0.1, 0.15) is 27.8 Å². The summed E-state index contributed by atoms with van der Waals surface area (Å²) in [6, 6.07) is 70.4. The smallest absolute Gasteiger partial charge is 0.164 e. The standard InChI is InChI=1S/C53H32N4S/c54-33-34-28-30-35(31-29-34)40-22-12-26-46-48(40)58-49-41(23-13-27-47(49)53(46)44-24-9-7-20-42(44)43-21-8-10-25-45(43)53)38-18-11-19-39(32-38)52-56-50(36-14-3-1-4-15-36)55-51(57-52)37-16-5-2-6-17-37/h1-32H. The molecule has 4 nitrogen and oxygen atoms in total. The lowest BCUT2D eigenvalue weighted by Crippen LogP contribution is -2.32. The highest BCUT2D eigenvalue weighted by molar-refractivity contribution is 7.99. The van der Waals surface area contributed by atoms with Crippen molar-refractivity contribution in [3.05, 3.63) is 222 Å². The van der Waals surface area contributed by atoms with Gasteiger partial charge in [0.05, 0.1) is 17.0 Å². The molecule has 1 aliphatic heterocycles. The van der Waals surface area contributed by atoms with Crippen molar-refractivity contribution in [1.29, 1.82) is 5.26 Å². The summed E-state index contributed by atoms with van der Waals surface area (Å²) in [5, 5.41) is 9.62. The van der Waals surface area contributed by atoms with E-state index in [1.165, 1.54) is 43.2 Å². The Hall–Kier alpha value is -7.39. The molecule has 0 fully saturated rings. The van der Waals surface area contributed by atoms with E-state index in [-0.39, 0.29) is 0 Å². The second kappa shape index (κ2) is 13.7. The Balaban J connectivity index is 1.14. The monoisotopic (exact) mass is 756 g/mol. The van der Waals surface area contributed by atoms with E-state index in [1.807, 2.05) is 84.6 Å². The van der Waals surface area contributed by atoms with Gasteiger partial charge in [-0.2, -0.15) is 5.26 Å². The van der Waals surface area contributed by atoms with E-state index >= 15 is 0 Å². The molecule has 1 aliphatic carbocycles. The van der Waals surface area contributed by atoms with Crippen LogP contribution in [0.4, 0.5) is 0 Å². The number of hydrogen-bond acceptors (Lipinski definition) is 5. The van der Waals surface area contributed by atoms with Gasteiger partial charge in [0.15, 0.2) is 17.5 Å². The summed E-state index contributed by atoms with van der Waals surface area (Å²) in [6.45, 7) is 0. The molecule has 2 aliphatic rings. The first-order valence-corrected chi connectivity index (χ1v) is 20.1. The van der Waals surface area contributed by atoms with E-state index in [0.29, 0.717) is 23.0 Å². The van der Waals surface area contributed by atoms with Gasteiger partial charge in [0.1, 0.15) is 0 Å². The molecule has 58 heavy (non-hydrogen) atoms. The van der Waals surface area contributed by atoms with Crippen LogP contribution in [-0.4, -0.2) is 15.0 Å². The molecule has 9 aromatic rings. The molecular formula is C53H32N4S. The van der Waals surface area contributed by atoms with Crippen molar-refractivity contribution in [3.8, 4) is 73.6 Å². The fraction of sp³-hybridized carbons (Fsp3) is 0.0189. The van der Waals surface area contributed by atoms with Gasteiger partial charge in [-0.25, -0.2) is 15.0 Å². The molecule has 0 atom stereocenters. The van der Waals surface area contributed by atoms with E-state index in [1.54, 1.807) is 0 Å². The minimum atomic E-state index is -0.553. The van der Waals surface area contributed by atoms with Crippen molar-refractivity contribution in [2.45, 2.75) is 15.2 Å². The van der Waals surface area contributed by atoms with Gasteiger partial charge in [0, 0.05) is 26.5 Å². The Morgan fingerprint density at radius 1 is 0.362 bits per heavy atom. The molecule has 0 bridgehead atoms. The molecule has 2 heterocycles. The Bertz CT molecular complexity index is 2990. The summed E-state index contributed by atoms with van der Waals surface area (Å²) in [7, 11) is 0. The third kappa shape index (κ3) is 5.27. The lowest BCUT2D eigenvalue weighted by atomic mass is 9.66. The molecule has 11 rings (SSSR count). The van der Waals surface area contributed by atoms with Crippen molar-refractivity contribution in [1.82, 2.24) is 15.0 Å². The molecule has 0 N–H and O–H groups in total. The van der Waals surface area contributed by atoms with Crippen molar-refractivity contribution >= 4 is 11.8 Å². The van der Waals surface area contributed by atoms with Crippen molar-refractivity contribution in [2.24, 2.45) is 0 Å². The van der Waals surface area contributed by atoms with Gasteiger partial charge in [0.2, 0.25) is 0 Å². The molecule has 1 aromatic heterocycles. The topological polar surface area (TPSA) is 62.5 Å². The largest absolute Gasteiger partial charge is 0.208 e. The van der Waals surface area contributed by atoms with Gasteiger partial charge >= 0.3 is 0 Å². The number of fused-ring (bicyclic) bond motifs is 9. The molecule has 0 unspecified atom stereocenters. The van der Waals surface area contributed by atoms with Crippen LogP contribution in [-0.2, 0) is 5.41 Å². The predicted octanol–water partition coefficient (Wildman–Crippen LogP) is 12.9. The van der Waals surface area contributed by atoms with Crippen LogP contribution >= 0.6 is 11.8 Å². The van der Waals surface area contributed by atoms with E-state index in [2.05, 4.69) is 127 Å². The number of rotatable bonds is 5. The van der Waals surface area contributed by atoms with Gasteiger partial charge in [-0.15, -0.1) is 0 Å². The molecule has 270 valence electrons. The Labute approximate surface area is 341 Å². The number of aromatic nitrogens is 3. The Kier molecular flexibility index (Phi) is 7.99.